The van der Waals surface area contributed by atoms with Crippen molar-refractivity contribution in [1.29, 1.82) is 0 Å². The second kappa shape index (κ2) is 4.49. The molecular formula is C10H14ClNO. The first-order valence-electron chi connectivity index (χ1n) is 4.32. The van der Waals surface area contributed by atoms with E-state index in [1.54, 1.807) is 0 Å². The summed E-state index contributed by atoms with van der Waals surface area (Å²) < 4.78 is 5.54. The van der Waals surface area contributed by atoms with Crippen LogP contribution in [0.1, 0.15) is 12.0 Å². The van der Waals surface area contributed by atoms with E-state index in [4.69, 9.17) is 10.5 Å². The van der Waals surface area contributed by atoms with Gasteiger partial charge in [-0.3, -0.25) is 0 Å². The molecule has 0 bridgehead atoms. The minimum atomic E-state index is 0. The van der Waals surface area contributed by atoms with Gasteiger partial charge < -0.3 is 10.5 Å². The summed E-state index contributed by atoms with van der Waals surface area (Å²) in [6.45, 7) is 0.748. The van der Waals surface area contributed by atoms with Crippen molar-refractivity contribution in [2.75, 3.05) is 6.61 Å². The molecule has 3 heteroatoms. The molecule has 72 valence electrons. The zero-order valence-electron chi connectivity index (χ0n) is 7.40. The van der Waals surface area contributed by atoms with Gasteiger partial charge in [0.05, 0.1) is 6.61 Å². The third-order valence-electron chi connectivity index (χ3n) is 2.20. The summed E-state index contributed by atoms with van der Waals surface area (Å²) in [6.07, 6.45) is 1.89. The molecule has 2 nitrogen and oxygen atoms in total. The average molecular weight is 200 g/mol. The van der Waals surface area contributed by atoms with Crippen LogP contribution in [0.15, 0.2) is 24.3 Å². The van der Waals surface area contributed by atoms with Gasteiger partial charge in [0.25, 0.3) is 0 Å². The lowest BCUT2D eigenvalue weighted by atomic mass is 10.1. The van der Waals surface area contributed by atoms with Crippen molar-refractivity contribution >= 4 is 12.4 Å². The van der Waals surface area contributed by atoms with E-state index in [0.717, 1.165) is 25.2 Å². The third kappa shape index (κ3) is 2.36. The smallest absolute Gasteiger partial charge is 0.122 e. The van der Waals surface area contributed by atoms with Crippen LogP contribution in [0.5, 0.6) is 5.75 Å². The molecule has 1 aromatic rings. The highest BCUT2D eigenvalue weighted by molar-refractivity contribution is 5.85. The molecule has 13 heavy (non-hydrogen) atoms. The molecule has 1 heterocycles. The van der Waals surface area contributed by atoms with Crippen molar-refractivity contribution in [3.63, 3.8) is 0 Å². The molecule has 0 amide bonds. The van der Waals surface area contributed by atoms with E-state index < -0.39 is 0 Å². The monoisotopic (exact) mass is 199 g/mol. The van der Waals surface area contributed by atoms with Crippen LogP contribution in [-0.2, 0) is 6.42 Å². The lowest BCUT2D eigenvalue weighted by molar-refractivity contribution is 0.310. The maximum atomic E-state index is 5.87. The lowest BCUT2D eigenvalue weighted by Crippen LogP contribution is -2.22. The van der Waals surface area contributed by atoms with E-state index >= 15 is 0 Å². The van der Waals surface area contributed by atoms with E-state index in [9.17, 15) is 0 Å². The van der Waals surface area contributed by atoms with Crippen LogP contribution < -0.4 is 10.5 Å². The minimum Gasteiger partial charge on any atom is -0.493 e. The van der Waals surface area contributed by atoms with Crippen molar-refractivity contribution in [2.45, 2.75) is 18.9 Å². The first-order valence-corrected chi connectivity index (χ1v) is 4.32. The van der Waals surface area contributed by atoms with Gasteiger partial charge in [0, 0.05) is 6.04 Å². The van der Waals surface area contributed by atoms with E-state index in [2.05, 4.69) is 6.07 Å². The van der Waals surface area contributed by atoms with E-state index in [1.807, 2.05) is 18.2 Å². The van der Waals surface area contributed by atoms with Crippen molar-refractivity contribution < 1.29 is 4.74 Å². The van der Waals surface area contributed by atoms with E-state index in [0.29, 0.717) is 0 Å². The average Bonchev–Trinajstić information content (AvgIpc) is 2.25. The van der Waals surface area contributed by atoms with Gasteiger partial charge in [0.1, 0.15) is 5.75 Å². The van der Waals surface area contributed by atoms with Gasteiger partial charge in [-0.1, -0.05) is 18.2 Å². The normalized spacial score (nSPS) is 20.5. The summed E-state index contributed by atoms with van der Waals surface area (Å²) in [4.78, 5) is 0. The molecule has 2 N–H and O–H groups in total. The van der Waals surface area contributed by atoms with Crippen LogP contribution in [0.2, 0.25) is 0 Å². The fourth-order valence-corrected chi connectivity index (χ4v) is 1.52. The number of halogens is 1. The lowest BCUT2D eigenvalue weighted by Gasteiger charge is -2.05. The van der Waals surface area contributed by atoms with Gasteiger partial charge in [0.2, 0.25) is 0 Å². The summed E-state index contributed by atoms with van der Waals surface area (Å²) in [5.41, 5.74) is 7.11. The Morgan fingerprint density at radius 2 is 2.08 bits per heavy atom. The SMILES string of the molecule is Cl.NC1CCOc2ccccc2C1. The molecule has 0 fully saturated rings. The zero-order chi connectivity index (χ0) is 8.39. The highest BCUT2D eigenvalue weighted by atomic mass is 35.5. The molecular weight excluding hydrogens is 186 g/mol. The van der Waals surface area contributed by atoms with Gasteiger partial charge in [0.15, 0.2) is 0 Å². The fraction of sp³-hybridized carbons (Fsp3) is 0.400. The molecule has 0 radical (unpaired) electrons. The van der Waals surface area contributed by atoms with Crippen LogP contribution in [0, 0.1) is 0 Å². The number of para-hydroxylation sites is 1. The molecule has 0 aliphatic carbocycles. The van der Waals surface area contributed by atoms with Gasteiger partial charge in [-0.05, 0) is 24.5 Å². The number of ether oxygens (including phenoxy) is 1. The first-order chi connectivity index (χ1) is 5.86. The first kappa shape index (κ1) is 10.4. The Hall–Kier alpha value is -0.730. The summed E-state index contributed by atoms with van der Waals surface area (Å²) >= 11 is 0. The summed E-state index contributed by atoms with van der Waals surface area (Å²) in [5.74, 6) is 1.01. The van der Waals surface area contributed by atoms with Crippen LogP contribution in [-0.4, -0.2) is 12.6 Å². The Morgan fingerprint density at radius 3 is 2.92 bits per heavy atom. The molecule has 2 rings (SSSR count). The Kier molecular flexibility index (Phi) is 3.58. The summed E-state index contributed by atoms with van der Waals surface area (Å²) in [7, 11) is 0. The quantitative estimate of drug-likeness (QED) is 0.691. The molecule has 1 aromatic carbocycles. The van der Waals surface area contributed by atoms with Crippen LogP contribution in [0.25, 0.3) is 0 Å². The summed E-state index contributed by atoms with van der Waals surface area (Å²) in [5, 5.41) is 0. The maximum Gasteiger partial charge on any atom is 0.122 e. The van der Waals surface area contributed by atoms with Gasteiger partial charge in [-0.2, -0.15) is 0 Å². The van der Waals surface area contributed by atoms with Crippen molar-refractivity contribution in [3.8, 4) is 5.75 Å². The van der Waals surface area contributed by atoms with Crippen LogP contribution >= 0.6 is 12.4 Å². The molecule has 0 aromatic heterocycles. The molecule has 0 saturated carbocycles. The Bertz CT molecular complexity index is 277. The van der Waals surface area contributed by atoms with Crippen LogP contribution in [0.4, 0.5) is 0 Å². The highest BCUT2D eigenvalue weighted by Gasteiger charge is 2.12. The van der Waals surface area contributed by atoms with E-state index in [-0.39, 0.29) is 18.4 Å². The van der Waals surface area contributed by atoms with Crippen molar-refractivity contribution in [1.82, 2.24) is 0 Å². The largest absolute Gasteiger partial charge is 0.493 e. The van der Waals surface area contributed by atoms with Gasteiger partial charge in [-0.25, -0.2) is 0 Å². The standard InChI is InChI=1S/C10H13NO.ClH/c11-9-5-6-12-10-4-2-1-3-8(10)7-9;/h1-4,9H,5-7,11H2;1H. The van der Waals surface area contributed by atoms with Gasteiger partial charge in [-0.15, -0.1) is 12.4 Å². The minimum absolute atomic E-state index is 0. The van der Waals surface area contributed by atoms with Crippen molar-refractivity contribution in [2.24, 2.45) is 5.73 Å². The molecule has 0 saturated heterocycles. The second-order valence-corrected chi connectivity index (χ2v) is 3.21. The predicted octanol–water partition coefficient (Wildman–Crippen LogP) is 1.76. The Labute approximate surface area is 84.5 Å². The maximum absolute atomic E-state index is 5.87. The zero-order valence-corrected chi connectivity index (χ0v) is 8.22. The predicted molar refractivity (Wildman–Crippen MR) is 55.5 cm³/mol. The molecule has 1 aliphatic heterocycles. The number of benzene rings is 1. The number of rotatable bonds is 0. The Morgan fingerprint density at radius 1 is 1.31 bits per heavy atom. The van der Waals surface area contributed by atoms with E-state index in [1.165, 1.54) is 5.56 Å². The number of hydrogen-bond donors (Lipinski definition) is 1. The number of nitrogens with two attached hydrogens (primary N) is 1. The topological polar surface area (TPSA) is 35.2 Å². The molecule has 1 aliphatic rings. The molecule has 0 spiro atoms. The van der Waals surface area contributed by atoms with Crippen LogP contribution in [0.3, 0.4) is 0 Å². The Balaban J connectivity index is 0.000000845. The number of hydrogen-bond acceptors (Lipinski definition) is 2. The fourth-order valence-electron chi connectivity index (χ4n) is 1.52. The molecule has 1 unspecified atom stereocenters. The molecule has 1 atom stereocenters. The second-order valence-electron chi connectivity index (χ2n) is 3.21. The third-order valence-corrected chi connectivity index (χ3v) is 2.20. The van der Waals surface area contributed by atoms with Crippen molar-refractivity contribution in [3.05, 3.63) is 29.8 Å². The van der Waals surface area contributed by atoms with Gasteiger partial charge >= 0.3 is 0 Å². The number of fused-ring (bicyclic) bond motifs is 1. The highest BCUT2D eigenvalue weighted by Crippen LogP contribution is 2.22. The summed E-state index contributed by atoms with van der Waals surface area (Å²) in [6, 6.07) is 8.37.